The molecule has 1 aromatic heterocycles. The molecule has 0 unspecified atom stereocenters. The normalized spacial score (nSPS) is 10.8. The Labute approximate surface area is 166 Å². The third-order valence-electron chi connectivity index (χ3n) is 4.36. The number of nitrogens with zero attached hydrogens (tertiary/aromatic N) is 1. The molecular formula is C23H18BrNO2. The van der Waals surface area contributed by atoms with Crippen molar-refractivity contribution < 1.29 is 9.47 Å². The first-order valence-corrected chi connectivity index (χ1v) is 9.43. The average molecular weight is 420 g/mol. The molecule has 0 saturated heterocycles. The van der Waals surface area contributed by atoms with Gasteiger partial charge in [-0.2, -0.15) is 0 Å². The predicted molar refractivity (Wildman–Crippen MR) is 113 cm³/mol. The van der Waals surface area contributed by atoms with Crippen LogP contribution in [-0.2, 0) is 0 Å². The fraction of sp³-hybridized carbons (Fsp3) is 0.0870. The van der Waals surface area contributed by atoms with E-state index < -0.39 is 0 Å². The highest BCUT2D eigenvalue weighted by Gasteiger charge is 2.18. The molecule has 0 radical (unpaired) electrons. The van der Waals surface area contributed by atoms with Gasteiger partial charge in [-0.05, 0) is 47.1 Å². The number of aryl methyl sites for hydroxylation is 1. The molecule has 27 heavy (non-hydrogen) atoms. The van der Waals surface area contributed by atoms with Crippen LogP contribution in [0.3, 0.4) is 0 Å². The van der Waals surface area contributed by atoms with E-state index in [0.717, 1.165) is 37.9 Å². The Bertz CT molecular complexity index is 1110. The van der Waals surface area contributed by atoms with E-state index >= 15 is 0 Å². The van der Waals surface area contributed by atoms with Gasteiger partial charge >= 0.3 is 0 Å². The Balaban J connectivity index is 1.96. The molecule has 3 aromatic carbocycles. The second kappa shape index (κ2) is 7.41. The van der Waals surface area contributed by atoms with E-state index in [2.05, 4.69) is 35.0 Å². The molecule has 4 heteroatoms. The highest BCUT2D eigenvalue weighted by Crippen LogP contribution is 2.43. The van der Waals surface area contributed by atoms with Crippen molar-refractivity contribution in [1.82, 2.24) is 4.98 Å². The second-order valence-corrected chi connectivity index (χ2v) is 7.04. The van der Waals surface area contributed by atoms with Gasteiger partial charge in [-0.15, -0.1) is 0 Å². The molecule has 134 valence electrons. The summed E-state index contributed by atoms with van der Waals surface area (Å²) in [7, 11) is 1.64. The molecule has 0 bridgehead atoms. The lowest BCUT2D eigenvalue weighted by atomic mass is 10.1. The molecule has 0 saturated carbocycles. The van der Waals surface area contributed by atoms with Crippen LogP contribution in [0.25, 0.3) is 22.2 Å². The molecule has 1 heterocycles. The minimum absolute atomic E-state index is 0.661. The van der Waals surface area contributed by atoms with E-state index in [-0.39, 0.29) is 0 Å². The number of halogens is 1. The standard InChI is InChI=1S/C23H18BrNO2/c1-15-12-13-18-17(14-15)23(27-20-11-7-6-10-19(20)26-2)21(24)22(25-18)16-8-4-3-5-9-16/h3-14H,1-2H3. The zero-order valence-electron chi connectivity index (χ0n) is 15.1. The second-order valence-electron chi connectivity index (χ2n) is 6.24. The van der Waals surface area contributed by atoms with Crippen LogP contribution in [-0.4, -0.2) is 12.1 Å². The maximum absolute atomic E-state index is 6.35. The van der Waals surface area contributed by atoms with Gasteiger partial charge in [0, 0.05) is 10.9 Å². The minimum Gasteiger partial charge on any atom is -0.493 e. The molecule has 0 spiro atoms. The summed E-state index contributed by atoms with van der Waals surface area (Å²) in [4.78, 5) is 4.87. The summed E-state index contributed by atoms with van der Waals surface area (Å²) in [5.74, 6) is 2.07. The number of rotatable bonds is 4. The summed E-state index contributed by atoms with van der Waals surface area (Å²) >= 11 is 3.74. The van der Waals surface area contributed by atoms with Crippen molar-refractivity contribution in [1.29, 1.82) is 0 Å². The Morgan fingerprint density at radius 2 is 1.56 bits per heavy atom. The molecule has 3 nitrogen and oxygen atoms in total. The van der Waals surface area contributed by atoms with Gasteiger partial charge in [-0.1, -0.05) is 54.1 Å². The van der Waals surface area contributed by atoms with E-state index in [0.29, 0.717) is 11.5 Å². The van der Waals surface area contributed by atoms with Crippen molar-refractivity contribution in [2.24, 2.45) is 0 Å². The van der Waals surface area contributed by atoms with Gasteiger partial charge in [0.1, 0.15) is 0 Å². The topological polar surface area (TPSA) is 31.4 Å². The van der Waals surface area contributed by atoms with Crippen LogP contribution >= 0.6 is 15.9 Å². The molecule has 0 atom stereocenters. The third kappa shape index (κ3) is 3.40. The van der Waals surface area contributed by atoms with Crippen LogP contribution < -0.4 is 9.47 Å². The summed E-state index contributed by atoms with van der Waals surface area (Å²) in [5, 5.41) is 0.951. The lowest BCUT2D eigenvalue weighted by Crippen LogP contribution is -1.96. The maximum atomic E-state index is 6.35. The van der Waals surface area contributed by atoms with Crippen molar-refractivity contribution in [3.8, 4) is 28.5 Å². The van der Waals surface area contributed by atoms with Crippen LogP contribution in [0.5, 0.6) is 17.2 Å². The van der Waals surface area contributed by atoms with Gasteiger partial charge < -0.3 is 9.47 Å². The molecule has 0 aliphatic heterocycles. The van der Waals surface area contributed by atoms with Crippen LogP contribution in [0.1, 0.15) is 5.56 Å². The van der Waals surface area contributed by atoms with Crippen molar-refractivity contribution in [3.63, 3.8) is 0 Å². The van der Waals surface area contributed by atoms with Crippen LogP contribution in [0, 0.1) is 6.92 Å². The molecule has 0 aliphatic rings. The largest absolute Gasteiger partial charge is 0.493 e. The Kier molecular flexibility index (Phi) is 4.82. The monoisotopic (exact) mass is 419 g/mol. The highest BCUT2D eigenvalue weighted by atomic mass is 79.9. The van der Waals surface area contributed by atoms with E-state index in [1.165, 1.54) is 0 Å². The Morgan fingerprint density at radius 1 is 0.852 bits per heavy atom. The molecule has 0 amide bonds. The van der Waals surface area contributed by atoms with Crippen molar-refractivity contribution >= 4 is 26.8 Å². The van der Waals surface area contributed by atoms with Gasteiger partial charge in [0.25, 0.3) is 0 Å². The first kappa shape index (κ1) is 17.6. The Morgan fingerprint density at radius 3 is 2.30 bits per heavy atom. The van der Waals surface area contributed by atoms with Gasteiger partial charge in [0.2, 0.25) is 0 Å². The zero-order valence-corrected chi connectivity index (χ0v) is 16.7. The van der Waals surface area contributed by atoms with E-state index in [9.17, 15) is 0 Å². The van der Waals surface area contributed by atoms with Crippen LogP contribution in [0.15, 0.2) is 77.3 Å². The number of fused-ring (bicyclic) bond motifs is 1. The quantitative estimate of drug-likeness (QED) is 0.365. The summed E-state index contributed by atoms with van der Waals surface area (Å²) in [6.07, 6.45) is 0. The summed E-state index contributed by atoms with van der Waals surface area (Å²) in [5.41, 5.74) is 3.90. The fourth-order valence-corrected chi connectivity index (χ4v) is 3.64. The number of pyridine rings is 1. The SMILES string of the molecule is COc1ccccc1Oc1c(Br)c(-c2ccccc2)nc2ccc(C)cc12. The number of benzene rings is 3. The first-order valence-electron chi connectivity index (χ1n) is 8.63. The summed E-state index contributed by atoms with van der Waals surface area (Å²) in [6, 6.07) is 23.9. The zero-order chi connectivity index (χ0) is 18.8. The van der Waals surface area contributed by atoms with Crippen molar-refractivity contribution in [2.75, 3.05) is 7.11 Å². The minimum atomic E-state index is 0.661. The summed E-state index contributed by atoms with van der Waals surface area (Å²) < 4.78 is 12.6. The Hall–Kier alpha value is -2.85. The van der Waals surface area contributed by atoms with Crippen LogP contribution in [0.4, 0.5) is 0 Å². The number of ether oxygens (including phenoxy) is 2. The number of hydrogen-bond donors (Lipinski definition) is 0. The van der Waals surface area contributed by atoms with Gasteiger partial charge in [0.05, 0.1) is 22.8 Å². The molecule has 4 rings (SSSR count). The fourth-order valence-electron chi connectivity index (χ4n) is 3.02. The average Bonchev–Trinajstić information content (AvgIpc) is 2.71. The van der Waals surface area contributed by atoms with Crippen molar-refractivity contribution in [3.05, 3.63) is 82.8 Å². The lowest BCUT2D eigenvalue weighted by molar-refractivity contribution is 0.379. The number of para-hydroxylation sites is 2. The smallest absolute Gasteiger partial charge is 0.169 e. The lowest BCUT2D eigenvalue weighted by Gasteiger charge is -2.16. The maximum Gasteiger partial charge on any atom is 0.169 e. The number of methoxy groups -OCH3 is 1. The first-order chi connectivity index (χ1) is 13.2. The van der Waals surface area contributed by atoms with Gasteiger partial charge in [-0.3, -0.25) is 0 Å². The van der Waals surface area contributed by atoms with Crippen molar-refractivity contribution in [2.45, 2.75) is 6.92 Å². The molecule has 4 aromatic rings. The van der Waals surface area contributed by atoms with Gasteiger partial charge in [0.15, 0.2) is 17.2 Å². The van der Waals surface area contributed by atoms with Crippen LogP contribution in [0.2, 0.25) is 0 Å². The number of aromatic nitrogens is 1. The van der Waals surface area contributed by atoms with E-state index in [1.54, 1.807) is 7.11 Å². The summed E-state index contributed by atoms with van der Waals surface area (Å²) in [6.45, 7) is 2.06. The van der Waals surface area contributed by atoms with Gasteiger partial charge in [-0.25, -0.2) is 4.98 Å². The predicted octanol–water partition coefficient (Wildman–Crippen LogP) is 6.77. The third-order valence-corrected chi connectivity index (χ3v) is 5.10. The highest BCUT2D eigenvalue weighted by molar-refractivity contribution is 9.10. The van der Waals surface area contributed by atoms with E-state index in [4.69, 9.17) is 14.5 Å². The molecular weight excluding hydrogens is 402 g/mol. The van der Waals surface area contributed by atoms with E-state index in [1.807, 2.05) is 60.7 Å². The molecule has 0 fully saturated rings. The number of hydrogen-bond acceptors (Lipinski definition) is 3. The molecule has 0 N–H and O–H groups in total. The molecule has 0 aliphatic carbocycles.